The first-order chi connectivity index (χ1) is 9.53. The fourth-order valence-corrected chi connectivity index (χ4v) is 3.65. The third-order valence-electron chi connectivity index (χ3n) is 4.51. The van der Waals surface area contributed by atoms with Crippen LogP contribution < -0.4 is 10.6 Å². The lowest BCUT2D eigenvalue weighted by molar-refractivity contribution is -0.155. The molecule has 2 aliphatic heterocycles. The molecule has 0 bridgehead atoms. The van der Waals surface area contributed by atoms with Gasteiger partial charge in [0.2, 0.25) is 5.91 Å². The molecule has 2 rings (SSSR count). The number of likely N-dealkylation sites (tertiary alicyclic amines) is 1. The molecule has 2 fully saturated rings. The van der Waals surface area contributed by atoms with Crippen molar-refractivity contribution in [3.63, 3.8) is 0 Å². The Hall–Kier alpha value is -0.730. The van der Waals surface area contributed by atoms with Crippen LogP contribution in [0.2, 0.25) is 0 Å². The minimum atomic E-state index is -1.22. The summed E-state index contributed by atoms with van der Waals surface area (Å²) < 4.78 is 0. The number of carbonyl (C=O) groups is 1. The van der Waals surface area contributed by atoms with E-state index in [-0.39, 0.29) is 37.6 Å². The monoisotopic (exact) mass is 287 g/mol. The van der Waals surface area contributed by atoms with E-state index in [9.17, 15) is 20.1 Å². The highest BCUT2D eigenvalue weighted by Gasteiger charge is 2.56. The van der Waals surface area contributed by atoms with Crippen LogP contribution in [0.3, 0.4) is 0 Å². The lowest BCUT2D eigenvalue weighted by Gasteiger charge is -2.43. The molecule has 7 heteroatoms. The van der Waals surface area contributed by atoms with E-state index in [1.54, 1.807) is 4.90 Å². The molecule has 1 amide bonds. The Kier molecular flexibility index (Phi) is 4.98. The predicted octanol–water partition coefficient (Wildman–Crippen LogP) is -2.15. The van der Waals surface area contributed by atoms with Crippen molar-refractivity contribution in [2.75, 3.05) is 32.8 Å². The summed E-state index contributed by atoms with van der Waals surface area (Å²) in [4.78, 5) is 13.1. The van der Waals surface area contributed by atoms with Gasteiger partial charge in [0.25, 0.3) is 0 Å². The maximum absolute atomic E-state index is 11.4. The zero-order valence-electron chi connectivity index (χ0n) is 11.9. The van der Waals surface area contributed by atoms with Crippen LogP contribution in [0.1, 0.15) is 19.8 Å². The highest BCUT2D eigenvalue weighted by Crippen LogP contribution is 2.40. The van der Waals surface area contributed by atoms with Crippen molar-refractivity contribution in [2.45, 2.75) is 37.6 Å². The van der Waals surface area contributed by atoms with Crippen molar-refractivity contribution < 1.29 is 20.1 Å². The second-order valence-electron chi connectivity index (χ2n) is 5.71. The van der Waals surface area contributed by atoms with Gasteiger partial charge in [-0.2, -0.15) is 0 Å². The summed E-state index contributed by atoms with van der Waals surface area (Å²) in [5, 5.41) is 36.0. The van der Waals surface area contributed by atoms with Crippen molar-refractivity contribution in [1.29, 1.82) is 0 Å². The Bertz CT molecular complexity index is 349. The first kappa shape index (κ1) is 15.7. The minimum Gasteiger partial charge on any atom is -0.395 e. The summed E-state index contributed by atoms with van der Waals surface area (Å²) in [7, 11) is 0. The quantitative estimate of drug-likeness (QED) is 0.395. The first-order valence-corrected chi connectivity index (χ1v) is 7.22. The average Bonchev–Trinajstić information content (AvgIpc) is 3.01. The van der Waals surface area contributed by atoms with Crippen LogP contribution in [0.25, 0.3) is 0 Å². The molecule has 4 atom stereocenters. The zero-order valence-corrected chi connectivity index (χ0v) is 11.9. The van der Waals surface area contributed by atoms with Gasteiger partial charge < -0.3 is 26.0 Å². The van der Waals surface area contributed by atoms with Crippen LogP contribution in [-0.2, 0) is 4.79 Å². The van der Waals surface area contributed by atoms with Gasteiger partial charge in [0.15, 0.2) is 0 Å². The molecule has 0 spiro atoms. The second kappa shape index (κ2) is 6.36. The van der Waals surface area contributed by atoms with Crippen LogP contribution in [0.4, 0.5) is 0 Å². The topological polar surface area (TPSA) is 105 Å². The number of hydrogen-bond acceptors (Lipinski definition) is 6. The number of rotatable bonds is 5. The molecule has 0 aliphatic carbocycles. The Morgan fingerprint density at radius 2 is 2.25 bits per heavy atom. The number of nitrogens with zero attached hydrogens (tertiary/aromatic N) is 1. The molecular weight excluding hydrogens is 262 g/mol. The molecule has 116 valence electrons. The molecule has 0 saturated carbocycles. The van der Waals surface area contributed by atoms with Crippen molar-refractivity contribution in [3.05, 3.63) is 0 Å². The Labute approximate surface area is 119 Å². The molecule has 2 heterocycles. The van der Waals surface area contributed by atoms with Crippen molar-refractivity contribution in [3.8, 4) is 0 Å². The Balaban J connectivity index is 2.28. The highest BCUT2D eigenvalue weighted by atomic mass is 16.3. The number of β-amino-alcohol motifs (C(OH)–C–C–N with tert-alkyl or cyclic N) is 1. The summed E-state index contributed by atoms with van der Waals surface area (Å²) in [6.45, 7) is 3.03. The summed E-state index contributed by atoms with van der Waals surface area (Å²) in [5.41, 5.74) is -1.22. The number of amides is 1. The van der Waals surface area contributed by atoms with E-state index in [1.807, 2.05) is 0 Å². The van der Waals surface area contributed by atoms with E-state index in [0.29, 0.717) is 13.0 Å². The summed E-state index contributed by atoms with van der Waals surface area (Å²) in [6, 6.07) is -0.668. The number of nitrogens with one attached hydrogen (secondary N) is 2. The van der Waals surface area contributed by atoms with Crippen LogP contribution in [-0.4, -0.2) is 76.8 Å². The lowest BCUT2D eigenvalue weighted by atomic mass is 9.88. The van der Waals surface area contributed by atoms with Gasteiger partial charge in [-0.15, -0.1) is 0 Å². The highest BCUT2D eigenvalue weighted by molar-refractivity contribution is 5.73. The van der Waals surface area contributed by atoms with Crippen molar-refractivity contribution >= 4 is 5.91 Å². The molecule has 0 aromatic carbocycles. The van der Waals surface area contributed by atoms with Gasteiger partial charge in [-0.05, 0) is 19.4 Å². The van der Waals surface area contributed by atoms with Gasteiger partial charge in [-0.3, -0.25) is 9.69 Å². The van der Waals surface area contributed by atoms with Gasteiger partial charge in [0.1, 0.15) is 5.72 Å². The van der Waals surface area contributed by atoms with E-state index in [1.165, 1.54) is 6.92 Å². The van der Waals surface area contributed by atoms with E-state index in [4.69, 9.17) is 0 Å². The number of aliphatic hydroxyl groups excluding tert-OH is 2. The van der Waals surface area contributed by atoms with Crippen LogP contribution in [0.15, 0.2) is 0 Å². The standard InChI is InChI=1S/C13H25N3O4/c1-9(19)15-12-6-11(8-18)16(4-5-17)13(12,20)10-2-3-14-7-10/h10-12,14,17-18,20H,2-8H2,1H3,(H,15,19)/t10-,11+,12-,13?/m1/s1. The van der Waals surface area contributed by atoms with Gasteiger partial charge in [-0.25, -0.2) is 0 Å². The first-order valence-electron chi connectivity index (χ1n) is 7.22. The fourth-order valence-electron chi connectivity index (χ4n) is 3.65. The number of hydrogen-bond donors (Lipinski definition) is 5. The number of carbonyl (C=O) groups excluding carboxylic acids is 1. The maximum Gasteiger partial charge on any atom is 0.217 e. The number of aliphatic hydroxyl groups is 3. The smallest absolute Gasteiger partial charge is 0.217 e. The molecule has 2 saturated heterocycles. The predicted molar refractivity (Wildman–Crippen MR) is 72.8 cm³/mol. The molecule has 5 N–H and O–H groups in total. The van der Waals surface area contributed by atoms with Crippen molar-refractivity contribution in [1.82, 2.24) is 15.5 Å². The Morgan fingerprint density at radius 3 is 2.75 bits per heavy atom. The molecule has 0 aromatic rings. The third kappa shape index (κ3) is 2.68. The Morgan fingerprint density at radius 1 is 1.50 bits per heavy atom. The molecule has 7 nitrogen and oxygen atoms in total. The van der Waals surface area contributed by atoms with E-state index in [0.717, 1.165) is 13.0 Å². The maximum atomic E-state index is 11.4. The van der Waals surface area contributed by atoms with Gasteiger partial charge >= 0.3 is 0 Å². The molecule has 20 heavy (non-hydrogen) atoms. The van der Waals surface area contributed by atoms with Gasteiger partial charge in [-0.1, -0.05) is 0 Å². The van der Waals surface area contributed by atoms with Gasteiger partial charge in [0.05, 0.1) is 19.3 Å². The van der Waals surface area contributed by atoms with Gasteiger partial charge in [0, 0.05) is 32.0 Å². The average molecular weight is 287 g/mol. The third-order valence-corrected chi connectivity index (χ3v) is 4.51. The molecule has 1 unspecified atom stereocenters. The largest absolute Gasteiger partial charge is 0.395 e. The molecule has 0 aromatic heterocycles. The molecule has 2 aliphatic rings. The molecular formula is C13H25N3O4. The van der Waals surface area contributed by atoms with Crippen molar-refractivity contribution in [2.24, 2.45) is 5.92 Å². The van der Waals surface area contributed by atoms with E-state index in [2.05, 4.69) is 10.6 Å². The van der Waals surface area contributed by atoms with E-state index < -0.39 is 11.8 Å². The zero-order chi connectivity index (χ0) is 14.8. The molecule has 0 radical (unpaired) electrons. The van der Waals surface area contributed by atoms with Crippen LogP contribution in [0.5, 0.6) is 0 Å². The lowest BCUT2D eigenvalue weighted by Crippen LogP contribution is -2.62. The van der Waals surface area contributed by atoms with Crippen LogP contribution in [0, 0.1) is 5.92 Å². The fraction of sp³-hybridized carbons (Fsp3) is 0.923. The summed E-state index contributed by atoms with van der Waals surface area (Å²) >= 11 is 0. The normalized spacial score (nSPS) is 38.3. The minimum absolute atomic E-state index is 0.0255. The van der Waals surface area contributed by atoms with Crippen LogP contribution >= 0.6 is 0 Å². The summed E-state index contributed by atoms with van der Waals surface area (Å²) in [6.07, 6.45) is 1.30. The summed E-state index contributed by atoms with van der Waals surface area (Å²) in [5.74, 6) is -0.218. The second-order valence-corrected chi connectivity index (χ2v) is 5.71. The SMILES string of the molecule is CC(=O)N[C@@H]1C[C@@H](CO)N(CCO)C1(O)[C@@H]1CCNC1. The van der Waals surface area contributed by atoms with E-state index >= 15 is 0 Å².